The van der Waals surface area contributed by atoms with Crippen LogP contribution in [0.15, 0.2) is 22.7 Å². The lowest BCUT2D eigenvalue weighted by molar-refractivity contribution is -0.385. The summed E-state index contributed by atoms with van der Waals surface area (Å²) in [5, 5.41) is 16.5. The molecule has 8 heteroatoms. The minimum atomic E-state index is -0.489. The fourth-order valence-electron chi connectivity index (χ4n) is 2.06. The van der Waals surface area contributed by atoms with Gasteiger partial charge in [-0.2, -0.15) is 0 Å². The number of nitrogens with zero attached hydrogens (tertiary/aromatic N) is 1. The normalized spacial score (nSPS) is 21.7. The second kappa shape index (κ2) is 6.29. The Balaban J connectivity index is 2.08. The predicted molar refractivity (Wildman–Crippen MR) is 76.6 cm³/mol. The van der Waals surface area contributed by atoms with Crippen molar-refractivity contribution in [3.05, 3.63) is 32.8 Å². The van der Waals surface area contributed by atoms with Gasteiger partial charge in [-0.3, -0.25) is 14.9 Å². The molecule has 0 bridgehead atoms. The second-order valence-electron chi connectivity index (χ2n) is 4.45. The number of hydrogen-bond donors (Lipinski definition) is 2. The van der Waals surface area contributed by atoms with E-state index in [2.05, 4.69) is 26.6 Å². The SMILES string of the molecule is CNC1COCC1C(=O)Nc1ccc([N+](=O)[O-])c(Br)c1. The number of carbonyl (C=O) groups is 1. The van der Waals surface area contributed by atoms with Gasteiger partial charge < -0.3 is 15.4 Å². The quantitative estimate of drug-likeness (QED) is 0.638. The number of ether oxygens (including phenoxy) is 1. The topological polar surface area (TPSA) is 93.5 Å². The molecule has 1 aromatic rings. The minimum absolute atomic E-state index is 0.0171. The van der Waals surface area contributed by atoms with Crippen LogP contribution in [0, 0.1) is 16.0 Å². The highest BCUT2D eigenvalue weighted by atomic mass is 79.9. The number of likely N-dealkylation sites (N-methyl/N-ethyl adjacent to an activating group) is 1. The highest BCUT2D eigenvalue weighted by Gasteiger charge is 2.33. The standard InChI is InChI=1S/C12H14BrN3O4/c1-14-10-6-20-5-8(10)12(17)15-7-2-3-11(16(18)19)9(13)4-7/h2-4,8,10,14H,5-6H2,1H3,(H,15,17). The van der Waals surface area contributed by atoms with E-state index in [1.807, 2.05) is 0 Å². The zero-order chi connectivity index (χ0) is 14.7. The van der Waals surface area contributed by atoms with Crippen molar-refractivity contribution >= 4 is 33.2 Å². The number of nitrogens with one attached hydrogen (secondary N) is 2. The first kappa shape index (κ1) is 14.9. The van der Waals surface area contributed by atoms with Gasteiger partial charge in [0.2, 0.25) is 5.91 Å². The molecule has 0 radical (unpaired) electrons. The van der Waals surface area contributed by atoms with Gasteiger partial charge in [-0.25, -0.2) is 0 Å². The molecular weight excluding hydrogens is 330 g/mol. The van der Waals surface area contributed by atoms with Crippen molar-refractivity contribution < 1.29 is 14.5 Å². The molecule has 1 aliphatic heterocycles. The maximum Gasteiger partial charge on any atom is 0.283 e. The van der Waals surface area contributed by atoms with E-state index in [0.29, 0.717) is 23.4 Å². The number of hydrogen-bond acceptors (Lipinski definition) is 5. The number of amides is 1. The molecule has 2 unspecified atom stereocenters. The van der Waals surface area contributed by atoms with Gasteiger partial charge in [-0.05, 0) is 35.1 Å². The van der Waals surface area contributed by atoms with E-state index in [9.17, 15) is 14.9 Å². The van der Waals surface area contributed by atoms with E-state index in [4.69, 9.17) is 4.74 Å². The Labute approximate surface area is 124 Å². The Kier molecular flexibility index (Phi) is 4.69. The number of carbonyl (C=O) groups excluding carboxylic acids is 1. The molecule has 1 aromatic carbocycles. The van der Waals surface area contributed by atoms with Crippen LogP contribution >= 0.6 is 15.9 Å². The van der Waals surface area contributed by atoms with Gasteiger partial charge in [-0.15, -0.1) is 0 Å². The molecule has 1 aliphatic rings. The molecule has 0 aromatic heterocycles. The molecule has 1 heterocycles. The van der Waals surface area contributed by atoms with Crippen molar-refractivity contribution in [3.63, 3.8) is 0 Å². The summed E-state index contributed by atoms with van der Waals surface area (Å²) in [6.07, 6.45) is 0. The van der Waals surface area contributed by atoms with Crippen LogP contribution in [0.3, 0.4) is 0 Å². The first-order valence-corrected chi connectivity index (χ1v) is 6.82. The van der Waals surface area contributed by atoms with Gasteiger partial charge in [0.1, 0.15) is 0 Å². The Morgan fingerprint density at radius 2 is 2.25 bits per heavy atom. The van der Waals surface area contributed by atoms with Crippen LogP contribution < -0.4 is 10.6 Å². The van der Waals surface area contributed by atoms with E-state index >= 15 is 0 Å². The van der Waals surface area contributed by atoms with Crippen LogP contribution in [0.5, 0.6) is 0 Å². The molecular formula is C12H14BrN3O4. The molecule has 20 heavy (non-hydrogen) atoms. The van der Waals surface area contributed by atoms with Gasteiger partial charge in [0, 0.05) is 17.8 Å². The third kappa shape index (κ3) is 3.14. The lowest BCUT2D eigenvalue weighted by atomic mass is 10.0. The van der Waals surface area contributed by atoms with Crippen molar-refractivity contribution in [1.82, 2.24) is 5.32 Å². The maximum atomic E-state index is 12.1. The second-order valence-corrected chi connectivity index (χ2v) is 5.31. The van der Waals surface area contributed by atoms with Crippen LogP contribution in [0.1, 0.15) is 0 Å². The third-order valence-corrected chi connectivity index (χ3v) is 3.84. The molecule has 2 N–H and O–H groups in total. The molecule has 0 saturated carbocycles. The number of nitro benzene ring substituents is 1. The van der Waals surface area contributed by atoms with E-state index in [1.165, 1.54) is 18.2 Å². The minimum Gasteiger partial charge on any atom is -0.379 e. The Morgan fingerprint density at radius 3 is 2.85 bits per heavy atom. The van der Waals surface area contributed by atoms with Gasteiger partial charge in [0.15, 0.2) is 0 Å². The van der Waals surface area contributed by atoms with Gasteiger partial charge in [0.05, 0.1) is 28.5 Å². The Hall–Kier alpha value is -1.51. The fraction of sp³-hybridized carbons (Fsp3) is 0.417. The summed E-state index contributed by atoms with van der Waals surface area (Å²) in [7, 11) is 1.78. The number of benzene rings is 1. The first-order valence-electron chi connectivity index (χ1n) is 6.02. The largest absolute Gasteiger partial charge is 0.379 e. The van der Waals surface area contributed by atoms with E-state index in [-0.39, 0.29) is 23.6 Å². The molecule has 1 amide bonds. The smallest absolute Gasteiger partial charge is 0.283 e. The summed E-state index contributed by atoms with van der Waals surface area (Å²) in [6, 6.07) is 4.35. The average Bonchev–Trinajstić information content (AvgIpc) is 2.86. The Morgan fingerprint density at radius 1 is 1.50 bits per heavy atom. The van der Waals surface area contributed by atoms with Gasteiger partial charge in [-0.1, -0.05) is 0 Å². The molecule has 108 valence electrons. The van der Waals surface area contributed by atoms with E-state index < -0.39 is 4.92 Å². The lowest BCUT2D eigenvalue weighted by Crippen LogP contribution is -2.39. The molecule has 1 saturated heterocycles. The molecule has 2 rings (SSSR count). The van der Waals surface area contributed by atoms with Crippen molar-refractivity contribution in [1.29, 1.82) is 0 Å². The summed E-state index contributed by atoms with van der Waals surface area (Å²) in [4.78, 5) is 22.4. The molecule has 1 fully saturated rings. The maximum absolute atomic E-state index is 12.1. The van der Waals surface area contributed by atoms with Crippen LogP contribution in [0.4, 0.5) is 11.4 Å². The zero-order valence-electron chi connectivity index (χ0n) is 10.8. The fourth-order valence-corrected chi connectivity index (χ4v) is 2.59. The van der Waals surface area contributed by atoms with Crippen molar-refractivity contribution in [2.24, 2.45) is 5.92 Å². The van der Waals surface area contributed by atoms with Crippen molar-refractivity contribution in [2.75, 3.05) is 25.6 Å². The molecule has 2 atom stereocenters. The highest BCUT2D eigenvalue weighted by molar-refractivity contribution is 9.10. The third-order valence-electron chi connectivity index (χ3n) is 3.20. The van der Waals surface area contributed by atoms with E-state index in [1.54, 1.807) is 7.05 Å². The number of anilines is 1. The van der Waals surface area contributed by atoms with Crippen molar-refractivity contribution in [2.45, 2.75) is 6.04 Å². The summed E-state index contributed by atoms with van der Waals surface area (Å²) in [5.41, 5.74) is 0.467. The van der Waals surface area contributed by atoms with Gasteiger partial charge in [0.25, 0.3) is 5.69 Å². The average molecular weight is 344 g/mol. The van der Waals surface area contributed by atoms with Crippen LogP contribution in [0.25, 0.3) is 0 Å². The number of rotatable bonds is 4. The summed E-state index contributed by atoms with van der Waals surface area (Å²) in [5.74, 6) is -0.434. The predicted octanol–water partition coefficient (Wildman–Crippen LogP) is 1.53. The first-order chi connectivity index (χ1) is 9.52. The highest BCUT2D eigenvalue weighted by Crippen LogP contribution is 2.28. The summed E-state index contributed by atoms with van der Waals surface area (Å²) < 4.78 is 5.60. The summed E-state index contributed by atoms with van der Waals surface area (Å²) in [6.45, 7) is 0.865. The van der Waals surface area contributed by atoms with Crippen LogP contribution in [-0.2, 0) is 9.53 Å². The summed E-state index contributed by atoms with van der Waals surface area (Å²) >= 11 is 3.12. The number of halogens is 1. The van der Waals surface area contributed by atoms with Crippen LogP contribution in [-0.4, -0.2) is 37.1 Å². The Bertz CT molecular complexity index is 537. The van der Waals surface area contributed by atoms with Crippen LogP contribution in [0.2, 0.25) is 0 Å². The van der Waals surface area contributed by atoms with E-state index in [0.717, 1.165) is 0 Å². The zero-order valence-corrected chi connectivity index (χ0v) is 12.3. The molecule has 0 aliphatic carbocycles. The van der Waals surface area contributed by atoms with Crippen molar-refractivity contribution in [3.8, 4) is 0 Å². The van der Waals surface area contributed by atoms with Gasteiger partial charge >= 0.3 is 0 Å². The molecule has 7 nitrogen and oxygen atoms in total. The lowest BCUT2D eigenvalue weighted by Gasteiger charge is -2.16. The number of nitro groups is 1. The monoisotopic (exact) mass is 343 g/mol. The molecule has 0 spiro atoms.